The number of nitrogens with zero attached hydrogens (tertiary/aromatic N) is 2. The van der Waals surface area contributed by atoms with Crippen molar-refractivity contribution in [3.05, 3.63) is 33.7 Å². The molecule has 0 spiro atoms. The molecule has 0 bridgehead atoms. The van der Waals surface area contributed by atoms with Gasteiger partial charge in [-0.05, 0) is 32.4 Å². The molecule has 0 aromatic carbocycles. The van der Waals surface area contributed by atoms with E-state index in [1.54, 1.807) is 13.0 Å². The van der Waals surface area contributed by atoms with Crippen LogP contribution >= 0.6 is 11.3 Å². The Morgan fingerprint density at radius 2 is 2.04 bits per heavy atom. The highest BCUT2D eigenvalue weighted by Gasteiger charge is 2.25. The fourth-order valence-corrected chi connectivity index (χ4v) is 3.17. The van der Waals surface area contributed by atoms with E-state index in [2.05, 4.69) is 10.4 Å². The average molecular weight is 405 g/mol. The molecule has 3 rings (SSSR count). The second kappa shape index (κ2) is 8.26. The molecule has 3 aromatic rings. The van der Waals surface area contributed by atoms with E-state index in [1.165, 1.54) is 17.4 Å². The summed E-state index contributed by atoms with van der Waals surface area (Å²) in [7, 11) is 0. The van der Waals surface area contributed by atoms with Crippen molar-refractivity contribution in [1.29, 1.82) is 0 Å². The summed E-state index contributed by atoms with van der Waals surface area (Å²) in [5, 5.41) is 6.68. The summed E-state index contributed by atoms with van der Waals surface area (Å²) < 4.78 is 16.5. The lowest BCUT2D eigenvalue weighted by Crippen LogP contribution is -2.16. The minimum Gasteiger partial charge on any atom is -0.460 e. The van der Waals surface area contributed by atoms with E-state index in [4.69, 9.17) is 13.9 Å². The summed E-state index contributed by atoms with van der Waals surface area (Å²) in [5.41, 5.74) is 0.276. The zero-order valence-electron chi connectivity index (χ0n) is 15.6. The number of esters is 1. The molecule has 0 atom stereocenters. The standard InChI is InChI=1S/C18H19N3O6S/c1-4-8-26-17(23)12-9-11-14(27-12)15(20-21(11)18(24)25-5-2)19-16(22)13-7-6-10(3)28-13/h6-7,9H,4-5,8H2,1-3H3,(H,19,20,22). The predicted octanol–water partition coefficient (Wildman–Crippen LogP) is 3.82. The number of hydrogen-bond donors (Lipinski definition) is 1. The van der Waals surface area contributed by atoms with E-state index in [9.17, 15) is 14.4 Å². The topological polar surface area (TPSA) is 113 Å². The Labute approximate surface area is 164 Å². The predicted molar refractivity (Wildman–Crippen MR) is 102 cm³/mol. The van der Waals surface area contributed by atoms with Gasteiger partial charge in [-0.25, -0.2) is 9.59 Å². The second-order valence-corrected chi connectivity index (χ2v) is 7.07. The number of furan rings is 1. The zero-order chi connectivity index (χ0) is 20.3. The Kier molecular flexibility index (Phi) is 5.78. The van der Waals surface area contributed by atoms with E-state index in [0.717, 1.165) is 9.56 Å². The number of anilines is 1. The van der Waals surface area contributed by atoms with Gasteiger partial charge < -0.3 is 19.2 Å². The largest absolute Gasteiger partial charge is 0.460 e. The molecule has 0 radical (unpaired) electrons. The minimum absolute atomic E-state index is 0.00801. The van der Waals surface area contributed by atoms with Crippen LogP contribution in [0.15, 0.2) is 22.6 Å². The highest BCUT2D eigenvalue weighted by Crippen LogP contribution is 2.28. The molecule has 10 heteroatoms. The second-order valence-electron chi connectivity index (χ2n) is 5.78. The lowest BCUT2D eigenvalue weighted by atomic mass is 10.4. The SMILES string of the molecule is CCCOC(=O)c1cc2c(o1)c(NC(=O)c1ccc(C)s1)nn2C(=O)OCC. The Balaban J connectivity index is 1.98. The van der Waals surface area contributed by atoms with E-state index in [-0.39, 0.29) is 35.9 Å². The van der Waals surface area contributed by atoms with E-state index in [1.807, 2.05) is 19.9 Å². The highest BCUT2D eigenvalue weighted by atomic mass is 32.1. The van der Waals surface area contributed by atoms with Crippen LogP contribution in [0.5, 0.6) is 0 Å². The van der Waals surface area contributed by atoms with Gasteiger partial charge in [0.1, 0.15) is 5.52 Å². The molecule has 1 N–H and O–H groups in total. The molecule has 0 aliphatic carbocycles. The van der Waals surface area contributed by atoms with Gasteiger partial charge in [0.25, 0.3) is 5.91 Å². The van der Waals surface area contributed by atoms with Gasteiger partial charge >= 0.3 is 12.1 Å². The van der Waals surface area contributed by atoms with Gasteiger partial charge in [0.05, 0.1) is 18.1 Å². The number of amides is 1. The van der Waals surface area contributed by atoms with Gasteiger partial charge in [0.15, 0.2) is 11.4 Å². The molecule has 0 aliphatic heterocycles. The van der Waals surface area contributed by atoms with Crippen LogP contribution in [0.3, 0.4) is 0 Å². The van der Waals surface area contributed by atoms with Crippen molar-refractivity contribution in [2.75, 3.05) is 18.5 Å². The average Bonchev–Trinajstić information content (AvgIpc) is 3.36. The third-order valence-electron chi connectivity index (χ3n) is 3.63. The Bertz CT molecular complexity index is 1030. The summed E-state index contributed by atoms with van der Waals surface area (Å²) in [5.74, 6) is -1.16. The van der Waals surface area contributed by atoms with Crippen LogP contribution in [0.4, 0.5) is 10.6 Å². The number of hydrogen-bond acceptors (Lipinski definition) is 8. The summed E-state index contributed by atoms with van der Waals surface area (Å²) in [4.78, 5) is 38.2. The first-order valence-corrected chi connectivity index (χ1v) is 9.50. The van der Waals surface area contributed by atoms with Gasteiger partial charge in [0, 0.05) is 10.9 Å². The number of nitrogens with one attached hydrogen (secondary N) is 1. The van der Waals surface area contributed by atoms with Crippen molar-refractivity contribution in [2.45, 2.75) is 27.2 Å². The van der Waals surface area contributed by atoms with Gasteiger partial charge in [-0.15, -0.1) is 16.4 Å². The summed E-state index contributed by atoms with van der Waals surface area (Å²) >= 11 is 1.32. The molecule has 0 fully saturated rings. The third kappa shape index (κ3) is 3.91. The van der Waals surface area contributed by atoms with Crippen molar-refractivity contribution < 1.29 is 28.3 Å². The van der Waals surface area contributed by atoms with Crippen LogP contribution in [-0.2, 0) is 9.47 Å². The Morgan fingerprint density at radius 3 is 2.68 bits per heavy atom. The first kappa shape index (κ1) is 19.6. The minimum atomic E-state index is -0.755. The molecule has 1 amide bonds. The van der Waals surface area contributed by atoms with Gasteiger partial charge in [0.2, 0.25) is 5.76 Å². The van der Waals surface area contributed by atoms with Crippen LogP contribution in [0.25, 0.3) is 11.1 Å². The summed E-state index contributed by atoms with van der Waals surface area (Å²) in [6, 6.07) is 4.84. The van der Waals surface area contributed by atoms with Crippen molar-refractivity contribution in [1.82, 2.24) is 9.78 Å². The smallest absolute Gasteiger partial charge is 0.435 e. The van der Waals surface area contributed by atoms with E-state index < -0.39 is 18.0 Å². The highest BCUT2D eigenvalue weighted by molar-refractivity contribution is 7.14. The van der Waals surface area contributed by atoms with Gasteiger partial charge in [-0.1, -0.05) is 6.92 Å². The van der Waals surface area contributed by atoms with Crippen molar-refractivity contribution in [2.24, 2.45) is 0 Å². The molecule has 0 saturated heterocycles. The maximum atomic E-state index is 12.5. The first-order valence-electron chi connectivity index (χ1n) is 8.69. The van der Waals surface area contributed by atoms with Crippen LogP contribution in [0.1, 0.15) is 45.4 Å². The molecule has 148 valence electrons. The number of aromatic nitrogens is 2. The molecule has 3 aromatic heterocycles. The molecule has 28 heavy (non-hydrogen) atoms. The fraction of sp³-hybridized carbons (Fsp3) is 0.333. The van der Waals surface area contributed by atoms with Gasteiger partial charge in [-0.3, -0.25) is 4.79 Å². The molecule has 9 nitrogen and oxygen atoms in total. The van der Waals surface area contributed by atoms with Crippen LogP contribution in [0.2, 0.25) is 0 Å². The number of aryl methyl sites for hydroxylation is 1. The molecule has 3 heterocycles. The third-order valence-corrected chi connectivity index (χ3v) is 4.63. The number of ether oxygens (including phenoxy) is 2. The fourth-order valence-electron chi connectivity index (χ4n) is 2.41. The lowest BCUT2D eigenvalue weighted by Gasteiger charge is -2.02. The molecule has 0 unspecified atom stereocenters. The number of carbonyl (C=O) groups is 3. The summed E-state index contributed by atoms with van der Waals surface area (Å²) in [6.45, 7) is 5.78. The van der Waals surface area contributed by atoms with Gasteiger partial charge in [-0.2, -0.15) is 4.68 Å². The number of carbonyl (C=O) groups excluding carboxylic acids is 3. The summed E-state index contributed by atoms with van der Waals surface area (Å²) in [6.07, 6.45) is -0.0985. The van der Waals surface area contributed by atoms with Crippen molar-refractivity contribution in [3.63, 3.8) is 0 Å². The quantitative estimate of drug-likeness (QED) is 0.620. The van der Waals surface area contributed by atoms with Crippen molar-refractivity contribution >= 4 is 46.2 Å². The number of thiophene rings is 1. The van der Waals surface area contributed by atoms with Crippen LogP contribution < -0.4 is 5.32 Å². The molecular formula is C18H19N3O6S. The van der Waals surface area contributed by atoms with Crippen LogP contribution in [0, 0.1) is 6.92 Å². The Morgan fingerprint density at radius 1 is 1.25 bits per heavy atom. The lowest BCUT2D eigenvalue weighted by molar-refractivity contribution is 0.0471. The maximum Gasteiger partial charge on any atom is 0.435 e. The Hall–Kier alpha value is -3.14. The normalized spacial score (nSPS) is 10.8. The van der Waals surface area contributed by atoms with Crippen LogP contribution in [-0.4, -0.2) is 41.0 Å². The van der Waals surface area contributed by atoms with E-state index >= 15 is 0 Å². The van der Waals surface area contributed by atoms with E-state index in [0.29, 0.717) is 11.3 Å². The first-order chi connectivity index (χ1) is 13.4. The molecular weight excluding hydrogens is 386 g/mol. The maximum absolute atomic E-state index is 12.5. The zero-order valence-corrected chi connectivity index (χ0v) is 16.4. The molecule has 0 saturated carbocycles. The molecule has 0 aliphatic rings. The number of rotatable bonds is 6. The monoisotopic (exact) mass is 405 g/mol. The number of fused-ring (bicyclic) bond motifs is 1. The van der Waals surface area contributed by atoms with Crippen molar-refractivity contribution in [3.8, 4) is 0 Å².